The molecule has 1 aromatic carbocycles. The van der Waals surface area contributed by atoms with Crippen molar-refractivity contribution in [1.82, 2.24) is 0 Å². The first-order valence-corrected chi connectivity index (χ1v) is 4.65. The third kappa shape index (κ3) is 2.36. The van der Waals surface area contributed by atoms with Crippen molar-refractivity contribution in [3.63, 3.8) is 0 Å². The fourth-order valence-electron chi connectivity index (χ4n) is 1.03. The Labute approximate surface area is 88.1 Å². The van der Waals surface area contributed by atoms with Crippen LogP contribution in [0, 0.1) is 0 Å². The standard InChI is InChI=1S/C11H11ClO2/c1-3-14-11(13)8(2)9-6-4-5-7-10(9)12/h4-7H,2-3H2,1H3. The summed E-state index contributed by atoms with van der Waals surface area (Å²) in [6, 6.07) is 7.04. The van der Waals surface area contributed by atoms with E-state index in [2.05, 4.69) is 6.58 Å². The molecule has 0 unspecified atom stereocenters. The summed E-state index contributed by atoms with van der Waals surface area (Å²) in [4.78, 5) is 11.3. The molecule has 0 aliphatic heterocycles. The Morgan fingerprint density at radius 3 is 2.71 bits per heavy atom. The SMILES string of the molecule is C=C(C(=O)OCC)c1ccccc1Cl. The highest BCUT2D eigenvalue weighted by Gasteiger charge is 2.12. The molecule has 0 aromatic heterocycles. The van der Waals surface area contributed by atoms with Gasteiger partial charge in [-0.3, -0.25) is 0 Å². The zero-order chi connectivity index (χ0) is 10.6. The van der Waals surface area contributed by atoms with Crippen molar-refractivity contribution in [1.29, 1.82) is 0 Å². The molecule has 2 nitrogen and oxygen atoms in total. The average Bonchev–Trinajstić information content (AvgIpc) is 2.18. The van der Waals surface area contributed by atoms with Crippen LogP contribution in [0.15, 0.2) is 30.8 Å². The van der Waals surface area contributed by atoms with Crippen molar-refractivity contribution in [2.45, 2.75) is 6.92 Å². The Morgan fingerprint density at radius 2 is 2.14 bits per heavy atom. The van der Waals surface area contributed by atoms with Crippen molar-refractivity contribution < 1.29 is 9.53 Å². The smallest absolute Gasteiger partial charge is 0.338 e. The fourth-order valence-corrected chi connectivity index (χ4v) is 1.28. The van der Waals surface area contributed by atoms with Gasteiger partial charge in [-0.2, -0.15) is 0 Å². The molecule has 0 spiro atoms. The van der Waals surface area contributed by atoms with Crippen LogP contribution in [-0.4, -0.2) is 12.6 Å². The molecular weight excluding hydrogens is 200 g/mol. The molecule has 3 heteroatoms. The van der Waals surface area contributed by atoms with E-state index < -0.39 is 5.97 Å². The summed E-state index contributed by atoms with van der Waals surface area (Å²) in [7, 11) is 0. The topological polar surface area (TPSA) is 26.3 Å². The average molecular weight is 211 g/mol. The van der Waals surface area contributed by atoms with E-state index in [0.717, 1.165) is 0 Å². The van der Waals surface area contributed by atoms with E-state index in [4.69, 9.17) is 16.3 Å². The quantitative estimate of drug-likeness (QED) is 0.567. The number of ether oxygens (including phenoxy) is 1. The first kappa shape index (κ1) is 10.8. The van der Waals surface area contributed by atoms with Crippen molar-refractivity contribution in [2.75, 3.05) is 6.61 Å². The van der Waals surface area contributed by atoms with Gasteiger partial charge in [-0.1, -0.05) is 36.4 Å². The summed E-state index contributed by atoms with van der Waals surface area (Å²) in [6.07, 6.45) is 0. The van der Waals surface area contributed by atoms with Gasteiger partial charge in [-0.15, -0.1) is 0 Å². The summed E-state index contributed by atoms with van der Waals surface area (Å²) < 4.78 is 4.82. The van der Waals surface area contributed by atoms with Crippen LogP contribution in [0.1, 0.15) is 12.5 Å². The van der Waals surface area contributed by atoms with E-state index in [-0.39, 0.29) is 5.57 Å². The molecule has 0 saturated heterocycles. The lowest BCUT2D eigenvalue weighted by Crippen LogP contribution is -2.05. The minimum absolute atomic E-state index is 0.289. The van der Waals surface area contributed by atoms with Crippen LogP contribution >= 0.6 is 11.6 Å². The molecular formula is C11H11ClO2. The number of hydrogen-bond acceptors (Lipinski definition) is 2. The molecule has 74 valence electrons. The number of rotatable bonds is 3. The minimum Gasteiger partial charge on any atom is -0.462 e. The molecule has 0 atom stereocenters. The highest BCUT2D eigenvalue weighted by atomic mass is 35.5. The van der Waals surface area contributed by atoms with Crippen LogP contribution in [0.25, 0.3) is 5.57 Å². The number of carbonyl (C=O) groups excluding carboxylic acids is 1. The maximum absolute atomic E-state index is 11.3. The maximum atomic E-state index is 11.3. The van der Waals surface area contributed by atoms with E-state index in [1.54, 1.807) is 31.2 Å². The van der Waals surface area contributed by atoms with Gasteiger partial charge in [0.1, 0.15) is 0 Å². The van der Waals surface area contributed by atoms with E-state index in [0.29, 0.717) is 17.2 Å². The number of halogens is 1. The zero-order valence-electron chi connectivity index (χ0n) is 7.92. The third-order valence-electron chi connectivity index (χ3n) is 1.72. The molecule has 0 fully saturated rings. The molecule has 0 N–H and O–H groups in total. The van der Waals surface area contributed by atoms with Crippen molar-refractivity contribution in [3.05, 3.63) is 41.4 Å². The molecule has 1 rings (SSSR count). The second-order valence-electron chi connectivity index (χ2n) is 2.68. The number of benzene rings is 1. The second-order valence-corrected chi connectivity index (χ2v) is 3.09. The van der Waals surface area contributed by atoms with Gasteiger partial charge in [-0.05, 0) is 13.0 Å². The minimum atomic E-state index is -0.430. The Balaban J connectivity index is 2.90. The first-order valence-electron chi connectivity index (χ1n) is 4.27. The molecule has 0 saturated carbocycles. The van der Waals surface area contributed by atoms with Crippen molar-refractivity contribution in [2.24, 2.45) is 0 Å². The second kappa shape index (κ2) is 4.82. The van der Waals surface area contributed by atoms with Gasteiger partial charge in [0, 0.05) is 10.6 Å². The highest BCUT2D eigenvalue weighted by Crippen LogP contribution is 2.22. The summed E-state index contributed by atoms with van der Waals surface area (Å²) in [5.41, 5.74) is 0.907. The largest absolute Gasteiger partial charge is 0.462 e. The van der Waals surface area contributed by atoms with Gasteiger partial charge in [0.15, 0.2) is 0 Å². The van der Waals surface area contributed by atoms with Gasteiger partial charge in [0.05, 0.1) is 12.2 Å². The first-order chi connectivity index (χ1) is 6.66. The van der Waals surface area contributed by atoms with Gasteiger partial charge >= 0.3 is 5.97 Å². The molecule has 0 bridgehead atoms. The Kier molecular flexibility index (Phi) is 3.72. The summed E-state index contributed by atoms with van der Waals surface area (Å²) >= 11 is 5.89. The van der Waals surface area contributed by atoms with Crippen LogP contribution in [0.4, 0.5) is 0 Å². The van der Waals surface area contributed by atoms with Gasteiger partial charge in [-0.25, -0.2) is 4.79 Å². The molecule has 14 heavy (non-hydrogen) atoms. The molecule has 0 heterocycles. The molecule has 0 aliphatic rings. The van der Waals surface area contributed by atoms with E-state index >= 15 is 0 Å². The lowest BCUT2D eigenvalue weighted by molar-refractivity contribution is -0.136. The summed E-state index contributed by atoms with van der Waals surface area (Å²) in [5, 5.41) is 0.505. The lowest BCUT2D eigenvalue weighted by Gasteiger charge is -2.06. The van der Waals surface area contributed by atoms with Crippen LogP contribution in [0.5, 0.6) is 0 Å². The summed E-state index contributed by atoms with van der Waals surface area (Å²) in [6.45, 7) is 5.73. The van der Waals surface area contributed by atoms with Crippen LogP contribution in [0.3, 0.4) is 0 Å². The van der Waals surface area contributed by atoms with Gasteiger partial charge < -0.3 is 4.74 Å². The monoisotopic (exact) mass is 210 g/mol. The molecule has 0 amide bonds. The normalized spacial score (nSPS) is 9.57. The molecule has 1 aromatic rings. The van der Waals surface area contributed by atoms with Crippen molar-refractivity contribution >= 4 is 23.1 Å². The van der Waals surface area contributed by atoms with E-state index in [9.17, 15) is 4.79 Å². The maximum Gasteiger partial charge on any atom is 0.338 e. The predicted octanol–water partition coefficient (Wildman–Crippen LogP) is 2.92. The van der Waals surface area contributed by atoms with Gasteiger partial charge in [0.25, 0.3) is 0 Å². The fraction of sp³-hybridized carbons (Fsp3) is 0.182. The van der Waals surface area contributed by atoms with Crippen LogP contribution in [0.2, 0.25) is 5.02 Å². The Bertz CT molecular complexity index is 358. The number of hydrogen-bond donors (Lipinski definition) is 0. The summed E-state index contributed by atoms with van der Waals surface area (Å²) in [5.74, 6) is -0.430. The predicted molar refractivity (Wildman–Crippen MR) is 57.1 cm³/mol. The molecule has 0 radical (unpaired) electrons. The Hall–Kier alpha value is -1.28. The molecule has 0 aliphatic carbocycles. The number of carbonyl (C=O) groups is 1. The van der Waals surface area contributed by atoms with Crippen LogP contribution < -0.4 is 0 Å². The third-order valence-corrected chi connectivity index (χ3v) is 2.05. The van der Waals surface area contributed by atoms with Crippen LogP contribution in [-0.2, 0) is 9.53 Å². The highest BCUT2D eigenvalue weighted by molar-refractivity contribution is 6.34. The zero-order valence-corrected chi connectivity index (χ0v) is 8.67. The van der Waals surface area contributed by atoms with E-state index in [1.807, 2.05) is 0 Å². The number of esters is 1. The lowest BCUT2D eigenvalue weighted by atomic mass is 10.1. The van der Waals surface area contributed by atoms with E-state index in [1.165, 1.54) is 0 Å². The van der Waals surface area contributed by atoms with Crippen molar-refractivity contribution in [3.8, 4) is 0 Å². The van der Waals surface area contributed by atoms with Gasteiger partial charge in [0.2, 0.25) is 0 Å². The Morgan fingerprint density at radius 1 is 1.50 bits per heavy atom.